The van der Waals surface area contributed by atoms with E-state index in [-0.39, 0.29) is 6.42 Å². The number of nitrogens with two attached hydrogens (primary N) is 1. The Labute approximate surface area is 222 Å². The maximum absolute atomic E-state index is 13.1. The highest BCUT2D eigenvalue weighted by atomic mass is 19.4. The first-order valence-electron chi connectivity index (χ1n) is 12.0. The van der Waals surface area contributed by atoms with E-state index in [2.05, 4.69) is 16.0 Å². The summed E-state index contributed by atoms with van der Waals surface area (Å²) in [6, 6.07) is 2.58. The summed E-state index contributed by atoms with van der Waals surface area (Å²) in [6.07, 6.45) is -10.8. The Balaban J connectivity index is 3.06. The number of halogens is 3. The number of aliphatic hydroxyl groups is 1. The van der Waals surface area contributed by atoms with Gasteiger partial charge in [0.2, 0.25) is 23.6 Å². The van der Waals surface area contributed by atoms with E-state index in [1.807, 2.05) is 5.32 Å². The van der Waals surface area contributed by atoms with E-state index in [1.54, 1.807) is 44.2 Å². The lowest BCUT2D eigenvalue weighted by molar-refractivity contribution is -0.212. The third-order valence-electron chi connectivity index (χ3n) is 5.64. The summed E-state index contributed by atoms with van der Waals surface area (Å²) in [4.78, 5) is 60.6. The number of aliphatic hydroxyl groups excluding tert-OH is 1. The minimum Gasteiger partial charge on any atom is -0.465 e. The van der Waals surface area contributed by atoms with E-state index in [4.69, 9.17) is 10.8 Å². The van der Waals surface area contributed by atoms with Crippen LogP contribution >= 0.6 is 0 Å². The van der Waals surface area contributed by atoms with Crippen LogP contribution in [-0.2, 0) is 25.6 Å². The van der Waals surface area contributed by atoms with Crippen molar-refractivity contribution in [2.45, 2.75) is 76.5 Å². The number of hydrogen-bond acceptors (Lipinski definition) is 6. The van der Waals surface area contributed by atoms with Crippen LogP contribution in [0.5, 0.6) is 0 Å². The minimum absolute atomic E-state index is 0.0569. The van der Waals surface area contributed by atoms with Gasteiger partial charge in [-0.2, -0.15) is 13.2 Å². The molecule has 39 heavy (non-hydrogen) atoms. The van der Waals surface area contributed by atoms with Crippen LogP contribution < -0.4 is 27.0 Å². The van der Waals surface area contributed by atoms with Crippen molar-refractivity contribution in [3.8, 4) is 0 Å². The van der Waals surface area contributed by atoms with Gasteiger partial charge in [-0.1, -0.05) is 44.2 Å². The molecule has 1 aromatic carbocycles. The molecule has 0 bridgehead atoms. The summed E-state index contributed by atoms with van der Waals surface area (Å²) >= 11 is 0. The lowest BCUT2D eigenvalue weighted by atomic mass is 10.0. The van der Waals surface area contributed by atoms with E-state index in [0.29, 0.717) is 5.56 Å². The molecule has 0 heterocycles. The first-order chi connectivity index (χ1) is 18.0. The molecule has 15 heteroatoms. The van der Waals surface area contributed by atoms with Crippen molar-refractivity contribution in [1.29, 1.82) is 0 Å². The fourth-order valence-corrected chi connectivity index (χ4v) is 3.51. The van der Waals surface area contributed by atoms with Crippen molar-refractivity contribution in [2.24, 2.45) is 11.7 Å². The molecule has 0 saturated carbocycles. The van der Waals surface area contributed by atoms with Gasteiger partial charge in [-0.15, -0.1) is 0 Å². The first kappa shape index (κ1) is 33.1. The molecule has 0 spiro atoms. The summed E-state index contributed by atoms with van der Waals surface area (Å²) in [5.74, 6) is -4.21. The van der Waals surface area contributed by atoms with Gasteiger partial charge in [-0.05, 0) is 24.8 Å². The zero-order valence-corrected chi connectivity index (χ0v) is 21.6. The maximum Gasteiger partial charge on any atom is 0.416 e. The van der Waals surface area contributed by atoms with Crippen LogP contribution in [0.15, 0.2) is 30.3 Å². The molecule has 1 aromatic rings. The Morgan fingerprint density at radius 3 is 1.97 bits per heavy atom. The molecule has 0 saturated heterocycles. The molecular weight excluding hydrogens is 527 g/mol. The van der Waals surface area contributed by atoms with Crippen LogP contribution in [0.2, 0.25) is 0 Å². The monoisotopic (exact) mass is 561 g/mol. The van der Waals surface area contributed by atoms with Crippen molar-refractivity contribution in [3.05, 3.63) is 35.9 Å². The van der Waals surface area contributed by atoms with Crippen LogP contribution in [0.1, 0.15) is 39.2 Å². The summed E-state index contributed by atoms with van der Waals surface area (Å²) in [5, 5.41) is 27.5. The molecule has 0 aliphatic carbocycles. The van der Waals surface area contributed by atoms with Crippen LogP contribution in [0.3, 0.4) is 0 Å². The zero-order chi connectivity index (χ0) is 29.9. The molecule has 0 fully saturated rings. The van der Waals surface area contributed by atoms with Crippen LogP contribution in [0, 0.1) is 5.92 Å². The van der Waals surface area contributed by atoms with Crippen molar-refractivity contribution in [3.63, 3.8) is 0 Å². The number of alkyl halides is 3. The van der Waals surface area contributed by atoms with E-state index < -0.39 is 84.9 Å². The van der Waals surface area contributed by atoms with E-state index >= 15 is 0 Å². The molecule has 0 aliphatic rings. The molecule has 1 rings (SSSR count). The maximum atomic E-state index is 13.1. The number of benzene rings is 1. The van der Waals surface area contributed by atoms with Gasteiger partial charge in [0.25, 0.3) is 0 Å². The molecule has 218 valence electrons. The number of amides is 5. The van der Waals surface area contributed by atoms with Crippen molar-refractivity contribution >= 4 is 29.7 Å². The summed E-state index contributed by atoms with van der Waals surface area (Å²) in [5.41, 5.74) is 5.58. The molecule has 5 atom stereocenters. The average molecular weight is 562 g/mol. The first-order valence-corrected chi connectivity index (χ1v) is 12.0. The van der Waals surface area contributed by atoms with Gasteiger partial charge < -0.3 is 37.2 Å². The highest BCUT2D eigenvalue weighted by Crippen LogP contribution is 2.24. The Morgan fingerprint density at radius 2 is 1.49 bits per heavy atom. The largest absolute Gasteiger partial charge is 0.465 e. The van der Waals surface area contributed by atoms with E-state index in [9.17, 15) is 42.3 Å². The minimum atomic E-state index is -5.11. The van der Waals surface area contributed by atoms with Gasteiger partial charge >= 0.3 is 12.3 Å². The third kappa shape index (κ3) is 11.6. The number of nitrogens with one attached hydrogen (secondary N) is 4. The predicted molar refractivity (Wildman–Crippen MR) is 132 cm³/mol. The smallest absolute Gasteiger partial charge is 0.416 e. The van der Waals surface area contributed by atoms with Gasteiger partial charge in [-0.3, -0.25) is 19.2 Å². The SMILES string of the molecule is CC(C)[C@H](NC(=O)O)C(=O)N[C@@H](Cc1ccccc1)C(=O)N[C@@H](C)C(=O)NC(CCC(N)=O)C(O)C(F)(F)F. The Kier molecular flexibility index (Phi) is 12.7. The van der Waals surface area contributed by atoms with Gasteiger partial charge in [-0.25, -0.2) is 4.79 Å². The Morgan fingerprint density at radius 1 is 0.897 bits per heavy atom. The lowest BCUT2D eigenvalue weighted by Gasteiger charge is -2.28. The molecule has 0 aliphatic heterocycles. The Bertz CT molecular complexity index is 1010. The molecule has 0 aromatic heterocycles. The summed E-state index contributed by atoms with van der Waals surface area (Å²) < 4.78 is 39.2. The number of primary amides is 1. The van der Waals surface area contributed by atoms with Crippen LogP contribution in [-0.4, -0.2) is 76.4 Å². The fourth-order valence-electron chi connectivity index (χ4n) is 3.51. The topological polar surface area (TPSA) is 200 Å². The second-order valence-electron chi connectivity index (χ2n) is 9.26. The predicted octanol–water partition coefficient (Wildman–Crippen LogP) is 0.184. The molecule has 5 amide bonds. The third-order valence-corrected chi connectivity index (χ3v) is 5.64. The molecule has 2 unspecified atom stereocenters. The van der Waals surface area contributed by atoms with E-state index in [0.717, 1.165) is 0 Å². The highest BCUT2D eigenvalue weighted by molar-refractivity contribution is 5.94. The number of rotatable bonds is 14. The molecular formula is C24H34F3N5O7. The zero-order valence-electron chi connectivity index (χ0n) is 21.6. The van der Waals surface area contributed by atoms with Crippen molar-refractivity contribution < 1.29 is 47.4 Å². The van der Waals surface area contributed by atoms with Gasteiger partial charge in [0.1, 0.15) is 18.1 Å². The van der Waals surface area contributed by atoms with Gasteiger partial charge in [0.05, 0.1) is 6.04 Å². The second-order valence-corrected chi connectivity index (χ2v) is 9.26. The quantitative estimate of drug-likeness (QED) is 0.168. The lowest BCUT2D eigenvalue weighted by Crippen LogP contribution is -2.59. The molecule has 12 nitrogen and oxygen atoms in total. The van der Waals surface area contributed by atoms with E-state index in [1.165, 1.54) is 6.92 Å². The molecule has 8 N–H and O–H groups in total. The van der Waals surface area contributed by atoms with Crippen LogP contribution in [0.25, 0.3) is 0 Å². The van der Waals surface area contributed by atoms with Crippen molar-refractivity contribution in [1.82, 2.24) is 21.3 Å². The number of carbonyl (C=O) groups excluding carboxylic acids is 4. The number of carboxylic acid groups (broad SMARTS) is 1. The summed E-state index contributed by atoms with van der Waals surface area (Å²) in [7, 11) is 0. The highest BCUT2D eigenvalue weighted by Gasteiger charge is 2.44. The standard InChI is InChI=1S/C24H34F3N5O7/c1-12(2)18(32-23(38)39)22(37)31-16(11-14-7-5-4-6-8-14)21(36)29-13(3)20(35)30-15(9-10-17(28)33)19(34)24(25,26)27/h4-8,12-13,15-16,18-19,32,34H,9-11H2,1-3H3,(H2,28,33)(H,29,36)(H,30,35)(H,31,37)(H,38,39)/t13-,15?,16-,18-,19?/m0/s1. The fraction of sp³-hybridized carbons (Fsp3) is 0.542. The summed E-state index contributed by atoms with van der Waals surface area (Å²) in [6.45, 7) is 4.34. The second kappa shape index (κ2) is 14.9. The normalized spacial score (nSPS) is 15.3. The molecule has 0 radical (unpaired) electrons. The van der Waals surface area contributed by atoms with Crippen LogP contribution in [0.4, 0.5) is 18.0 Å². The number of hydrogen-bond donors (Lipinski definition) is 7. The van der Waals surface area contributed by atoms with Crippen molar-refractivity contribution in [2.75, 3.05) is 0 Å². The average Bonchev–Trinajstić information content (AvgIpc) is 2.83. The number of carbonyl (C=O) groups is 5. The van der Waals surface area contributed by atoms with Gasteiger partial charge in [0, 0.05) is 12.8 Å². The Hall–Kier alpha value is -3.88. The van der Waals surface area contributed by atoms with Gasteiger partial charge in [0.15, 0.2) is 6.10 Å².